The molecule has 16 heteroatoms. The van der Waals surface area contributed by atoms with Crippen LogP contribution in [0, 0.1) is 11.6 Å². The number of benzene rings is 2. The highest BCUT2D eigenvalue weighted by Crippen LogP contribution is 2.52. The van der Waals surface area contributed by atoms with Crippen LogP contribution in [0.3, 0.4) is 0 Å². The van der Waals surface area contributed by atoms with Gasteiger partial charge in [-0.05, 0) is 87.8 Å². The summed E-state index contributed by atoms with van der Waals surface area (Å²) in [5.74, 6) is -0.412. The summed E-state index contributed by atoms with van der Waals surface area (Å²) in [4.78, 5) is 1.64. The van der Waals surface area contributed by atoms with Gasteiger partial charge >= 0.3 is 12.4 Å². The number of hydrogen-bond donors (Lipinski definition) is 4. The summed E-state index contributed by atoms with van der Waals surface area (Å²) in [5, 5.41) is 20.8. The predicted octanol–water partition coefficient (Wildman–Crippen LogP) is 7.27. The zero-order valence-corrected chi connectivity index (χ0v) is 34.1. The monoisotopic (exact) mass is 812 g/mol. The number of ether oxygens (including phenoxy) is 3. The maximum absolute atomic E-state index is 14.0. The molecular formula is C40H60F8N4O4. The number of alkyl halides is 6. The minimum atomic E-state index is -4.83. The van der Waals surface area contributed by atoms with Crippen LogP contribution in [0.5, 0.6) is 11.5 Å². The number of nitrogens with one attached hydrogen (secondary N) is 3. The van der Waals surface area contributed by atoms with Gasteiger partial charge in [-0.25, -0.2) is 8.78 Å². The minimum Gasteiger partial charge on any atom is -0.496 e. The molecule has 0 aromatic heterocycles. The average molecular weight is 813 g/mol. The van der Waals surface area contributed by atoms with Crippen molar-refractivity contribution in [1.82, 2.24) is 20.9 Å². The van der Waals surface area contributed by atoms with Crippen molar-refractivity contribution >= 4 is 0 Å². The molecule has 0 saturated carbocycles. The summed E-state index contributed by atoms with van der Waals surface area (Å²) in [6, 6.07) is 8.95. The molecule has 3 heterocycles. The Balaban J connectivity index is 0.000000259. The molecule has 6 atom stereocenters. The van der Waals surface area contributed by atoms with Gasteiger partial charge < -0.3 is 35.3 Å². The molecule has 6 unspecified atom stereocenters. The Labute approximate surface area is 326 Å². The van der Waals surface area contributed by atoms with Crippen molar-refractivity contribution in [2.45, 2.75) is 127 Å². The largest absolute Gasteiger partial charge is 0.496 e. The van der Waals surface area contributed by atoms with Crippen molar-refractivity contribution in [3.63, 3.8) is 0 Å². The highest BCUT2D eigenvalue weighted by atomic mass is 19.4. The second-order valence-corrected chi connectivity index (χ2v) is 16.9. The van der Waals surface area contributed by atoms with Gasteiger partial charge in [0.05, 0.1) is 20.8 Å². The Morgan fingerprint density at radius 3 is 1.54 bits per heavy atom. The Morgan fingerprint density at radius 2 is 1.18 bits per heavy atom. The van der Waals surface area contributed by atoms with Gasteiger partial charge in [0, 0.05) is 68.0 Å². The van der Waals surface area contributed by atoms with Gasteiger partial charge in [0.15, 0.2) is 11.2 Å². The molecule has 0 amide bonds. The average Bonchev–Trinajstić information content (AvgIpc) is 3.84. The summed E-state index contributed by atoms with van der Waals surface area (Å²) in [7, 11) is 2.78. The third-order valence-electron chi connectivity index (χ3n) is 10.4. The van der Waals surface area contributed by atoms with E-state index in [-0.39, 0.29) is 25.1 Å². The maximum Gasteiger partial charge on any atom is 0.419 e. The molecule has 3 saturated heterocycles. The lowest BCUT2D eigenvalue weighted by atomic mass is 9.74. The van der Waals surface area contributed by atoms with Crippen molar-refractivity contribution in [2.75, 3.05) is 53.6 Å². The first-order chi connectivity index (χ1) is 25.7. The van der Waals surface area contributed by atoms with Crippen LogP contribution in [-0.4, -0.2) is 111 Å². The van der Waals surface area contributed by atoms with E-state index in [1.54, 1.807) is 32.6 Å². The van der Waals surface area contributed by atoms with Crippen molar-refractivity contribution in [1.29, 1.82) is 0 Å². The topological polar surface area (TPSA) is 90.5 Å². The van der Waals surface area contributed by atoms with Crippen LogP contribution in [0.1, 0.15) is 79.4 Å². The summed E-state index contributed by atoms with van der Waals surface area (Å²) in [6.07, 6.45) is -10.1. The number of methoxy groups -OCH3 is 2. The van der Waals surface area contributed by atoms with Crippen molar-refractivity contribution in [3.8, 4) is 11.5 Å². The summed E-state index contributed by atoms with van der Waals surface area (Å²) in [5.41, 5.74) is -6.47. The first-order valence-corrected chi connectivity index (χ1v) is 18.8. The van der Waals surface area contributed by atoms with E-state index in [2.05, 4.69) is 34.5 Å². The van der Waals surface area contributed by atoms with Crippen molar-refractivity contribution in [2.24, 2.45) is 0 Å². The molecule has 5 rings (SSSR count). The van der Waals surface area contributed by atoms with Crippen molar-refractivity contribution < 1.29 is 54.4 Å². The Morgan fingerprint density at radius 1 is 0.750 bits per heavy atom. The second kappa shape index (κ2) is 18.4. The highest BCUT2D eigenvalue weighted by molar-refractivity contribution is 5.41. The van der Waals surface area contributed by atoms with E-state index in [1.165, 1.54) is 50.6 Å². The lowest BCUT2D eigenvalue weighted by Gasteiger charge is -2.44. The molecule has 4 N–H and O–H groups in total. The fourth-order valence-corrected chi connectivity index (χ4v) is 7.81. The normalized spacial score (nSPS) is 25.8. The third kappa shape index (κ3) is 12.6. The van der Waals surface area contributed by atoms with Crippen molar-refractivity contribution in [3.05, 3.63) is 59.2 Å². The van der Waals surface area contributed by atoms with Crippen LogP contribution in [0.15, 0.2) is 36.4 Å². The number of epoxide rings is 1. The molecule has 3 aliphatic rings. The van der Waals surface area contributed by atoms with E-state index in [0.29, 0.717) is 47.8 Å². The number of hydrogen-bond acceptors (Lipinski definition) is 8. The standard InChI is InChI=1S/C20H30F4N2O2.C14H16F4O2.C6H14N2/c1-13-9-26(10-14(2)25-13)12-19(27,20(22,23)24)11-18(3,4)16-8-15(21)6-7-17(16)28-5;1-12(2,7-13(8-20-13)14(16,17)18)10-6-9(15)4-5-11(10)19-3;1-5-3-7-4-6(2)8-5/h6-8,13-14,25,27H,9-12H2,1-5H3;4-6H,7-8H2,1-3H3;5-8H,3-4H2,1-2H3. The van der Waals surface area contributed by atoms with E-state index >= 15 is 0 Å². The van der Waals surface area contributed by atoms with Crippen LogP contribution in [0.4, 0.5) is 35.1 Å². The fraction of sp³-hybridized carbons (Fsp3) is 0.700. The van der Waals surface area contributed by atoms with E-state index in [4.69, 9.17) is 9.47 Å². The lowest BCUT2D eigenvalue weighted by molar-refractivity contribution is -0.272. The molecule has 0 radical (unpaired) electrons. The first-order valence-electron chi connectivity index (χ1n) is 18.8. The zero-order chi connectivity index (χ0) is 42.5. The summed E-state index contributed by atoms with van der Waals surface area (Å²) in [6.45, 7) is 16.7. The number of aliphatic hydroxyl groups is 1. The summed E-state index contributed by atoms with van der Waals surface area (Å²) < 4.78 is 123. The van der Waals surface area contributed by atoms with Crippen LogP contribution < -0.4 is 25.4 Å². The van der Waals surface area contributed by atoms with Gasteiger partial charge in [-0.2, -0.15) is 26.3 Å². The minimum absolute atomic E-state index is 0.0255. The van der Waals surface area contributed by atoms with E-state index in [1.807, 2.05) is 13.8 Å². The molecule has 2 aromatic carbocycles. The van der Waals surface area contributed by atoms with E-state index < -0.39 is 59.0 Å². The van der Waals surface area contributed by atoms with Gasteiger partial charge in [0.25, 0.3) is 0 Å². The lowest BCUT2D eigenvalue weighted by Crippen LogP contribution is -2.61. The van der Waals surface area contributed by atoms with Gasteiger partial charge in [-0.1, -0.05) is 27.7 Å². The number of nitrogens with zero attached hydrogens (tertiary/aromatic N) is 1. The highest BCUT2D eigenvalue weighted by Gasteiger charge is 2.67. The van der Waals surface area contributed by atoms with Crippen LogP contribution in [0.2, 0.25) is 0 Å². The third-order valence-corrected chi connectivity index (χ3v) is 10.4. The van der Waals surface area contributed by atoms with Gasteiger partial charge in [-0.15, -0.1) is 0 Å². The van der Waals surface area contributed by atoms with E-state index in [9.17, 15) is 40.2 Å². The number of piperazine rings is 2. The van der Waals surface area contributed by atoms with Crippen LogP contribution in [-0.2, 0) is 15.6 Å². The first kappa shape index (κ1) is 47.6. The predicted molar refractivity (Wildman–Crippen MR) is 200 cm³/mol. The maximum atomic E-state index is 14.0. The van der Waals surface area contributed by atoms with E-state index in [0.717, 1.165) is 13.1 Å². The number of β-amino-alcohol motifs (C(OH)–C–C–N with tert-alkyl or cyclic N) is 1. The SMILES string of the molecule is CC1CNCC(C)N1.COc1ccc(F)cc1C(C)(C)CC(O)(CN1CC(C)NC(C)C1)C(F)(F)F.COc1ccc(F)cc1C(C)(C)CC1(C(F)(F)F)CO1. The summed E-state index contributed by atoms with van der Waals surface area (Å²) >= 11 is 0. The molecule has 3 fully saturated rings. The van der Waals surface area contributed by atoms with Crippen LogP contribution in [0.25, 0.3) is 0 Å². The van der Waals surface area contributed by atoms with Crippen LogP contribution >= 0.6 is 0 Å². The zero-order valence-electron chi connectivity index (χ0n) is 34.1. The Kier molecular flexibility index (Phi) is 15.7. The molecular weight excluding hydrogens is 752 g/mol. The van der Waals surface area contributed by atoms with Gasteiger partial charge in [-0.3, -0.25) is 4.90 Å². The molecule has 3 aliphatic heterocycles. The quantitative estimate of drug-likeness (QED) is 0.147. The second-order valence-electron chi connectivity index (χ2n) is 16.9. The fourth-order valence-electron chi connectivity index (χ4n) is 7.81. The Hall–Kier alpha value is -2.76. The molecule has 2 aromatic rings. The molecule has 320 valence electrons. The van der Waals surface area contributed by atoms with Gasteiger partial charge in [0.1, 0.15) is 23.1 Å². The molecule has 0 spiro atoms. The Bertz CT molecular complexity index is 1550. The molecule has 8 nitrogen and oxygen atoms in total. The molecule has 56 heavy (non-hydrogen) atoms. The number of halogens is 8. The molecule has 0 bridgehead atoms. The smallest absolute Gasteiger partial charge is 0.419 e. The van der Waals surface area contributed by atoms with Gasteiger partial charge in [0.2, 0.25) is 0 Å². The molecule has 0 aliphatic carbocycles. The number of rotatable bonds is 10.